The third kappa shape index (κ3) is 2.56. The molecule has 0 bridgehead atoms. The number of aromatic nitrogens is 2. The van der Waals surface area contributed by atoms with E-state index < -0.39 is 0 Å². The summed E-state index contributed by atoms with van der Waals surface area (Å²) >= 11 is 0. The van der Waals surface area contributed by atoms with Crippen LogP contribution in [-0.4, -0.2) is 30.2 Å². The molecule has 3 aromatic rings. The van der Waals surface area contributed by atoms with Gasteiger partial charge in [0.1, 0.15) is 17.4 Å². The highest BCUT2D eigenvalue weighted by atomic mass is 19.1. The van der Waals surface area contributed by atoms with Gasteiger partial charge in [0.25, 0.3) is 0 Å². The summed E-state index contributed by atoms with van der Waals surface area (Å²) in [5.74, 6) is 1.74. The van der Waals surface area contributed by atoms with Crippen molar-refractivity contribution in [1.82, 2.24) is 9.97 Å². The molecule has 1 saturated heterocycles. The summed E-state index contributed by atoms with van der Waals surface area (Å²) in [7, 11) is 1.64. The summed E-state index contributed by atoms with van der Waals surface area (Å²) in [5, 5.41) is 0.941. The van der Waals surface area contributed by atoms with E-state index in [1.54, 1.807) is 25.3 Å². The lowest BCUT2D eigenvalue weighted by Gasteiger charge is -2.19. The van der Waals surface area contributed by atoms with E-state index in [-0.39, 0.29) is 5.82 Å². The first-order valence-electron chi connectivity index (χ1n) is 8.12. The fourth-order valence-electron chi connectivity index (χ4n) is 3.15. The van der Waals surface area contributed by atoms with Gasteiger partial charge in [-0.05, 0) is 43.2 Å². The number of hydrogen-bond acceptors (Lipinski definition) is 4. The van der Waals surface area contributed by atoms with Crippen LogP contribution in [0, 0.1) is 5.82 Å². The average Bonchev–Trinajstić information content (AvgIpc) is 3.15. The van der Waals surface area contributed by atoms with Crippen molar-refractivity contribution in [1.29, 1.82) is 0 Å². The smallest absolute Gasteiger partial charge is 0.165 e. The molecule has 0 unspecified atom stereocenters. The van der Waals surface area contributed by atoms with Gasteiger partial charge in [0.15, 0.2) is 5.82 Å². The minimum absolute atomic E-state index is 0.308. The Morgan fingerprint density at radius 1 is 1.04 bits per heavy atom. The van der Waals surface area contributed by atoms with Crippen molar-refractivity contribution in [3.05, 3.63) is 48.3 Å². The summed E-state index contributed by atoms with van der Waals surface area (Å²) in [5.41, 5.74) is 1.22. The summed E-state index contributed by atoms with van der Waals surface area (Å²) in [6, 6.07) is 12.4. The molecule has 1 fully saturated rings. The van der Waals surface area contributed by atoms with E-state index in [9.17, 15) is 4.39 Å². The lowest BCUT2D eigenvalue weighted by molar-refractivity contribution is 0.415. The Kier molecular flexibility index (Phi) is 3.76. The number of benzene rings is 2. The number of anilines is 1. The highest BCUT2D eigenvalue weighted by Crippen LogP contribution is 2.32. The lowest BCUT2D eigenvalue weighted by atomic mass is 10.1. The molecule has 0 saturated carbocycles. The van der Waals surface area contributed by atoms with E-state index in [2.05, 4.69) is 9.88 Å². The maximum atomic E-state index is 14.2. The Hall–Kier alpha value is -2.69. The van der Waals surface area contributed by atoms with Gasteiger partial charge in [-0.15, -0.1) is 0 Å². The molecule has 0 amide bonds. The van der Waals surface area contributed by atoms with Gasteiger partial charge in [0.2, 0.25) is 0 Å². The van der Waals surface area contributed by atoms with Gasteiger partial charge in [-0.25, -0.2) is 14.4 Å². The molecule has 2 heterocycles. The first kappa shape index (κ1) is 14.9. The maximum absolute atomic E-state index is 14.2. The zero-order valence-electron chi connectivity index (χ0n) is 13.5. The first-order valence-corrected chi connectivity index (χ1v) is 8.12. The number of nitrogens with zero attached hydrogens (tertiary/aromatic N) is 3. The van der Waals surface area contributed by atoms with Crippen LogP contribution in [0.25, 0.3) is 22.3 Å². The van der Waals surface area contributed by atoms with E-state index in [0.29, 0.717) is 11.4 Å². The topological polar surface area (TPSA) is 38.3 Å². The summed E-state index contributed by atoms with van der Waals surface area (Å²) in [6.07, 6.45) is 2.29. The van der Waals surface area contributed by atoms with Crippen LogP contribution in [0.1, 0.15) is 12.8 Å². The molecule has 0 radical (unpaired) electrons. The summed E-state index contributed by atoms with van der Waals surface area (Å²) in [6.45, 7) is 1.92. The molecule has 0 atom stereocenters. The number of methoxy groups -OCH3 is 1. The van der Waals surface area contributed by atoms with Gasteiger partial charge >= 0.3 is 0 Å². The zero-order valence-corrected chi connectivity index (χ0v) is 13.5. The van der Waals surface area contributed by atoms with Crippen LogP contribution < -0.4 is 9.64 Å². The highest BCUT2D eigenvalue weighted by Gasteiger charge is 2.20. The Morgan fingerprint density at radius 2 is 1.83 bits per heavy atom. The Morgan fingerprint density at radius 3 is 2.58 bits per heavy atom. The number of ether oxygens (including phenoxy) is 1. The Bertz CT molecular complexity index is 891. The predicted octanol–water partition coefficient (Wildman–Crippen LogP) is 4.04. The van der Waals surface area contributed by atoms with Crippen LogP contribution in [0.2, 0.25) is 0 Å². The normalized spacial score (nSPS) is 14.3. The number of rotatable bonds is 3. The van der Waals surface area contributed by atoms with Crippen LogP contribution in [0.5, 0.6) is 5.75 Å². The molecule has 5 heteroatoms. The van der Waals surface area contributed by atoms with E-state index in [0.717, 1.165) is 48.4 Å². The third-order valence-electron chi connectivity index (χ3n) is 4.40. The standard InChI is InChI=1S/C19H18FN3O/c1-24-13-8-9-17-15(12-13)19(23-10-4-5-11-23)22-18(21-17)14-6-2-3-7-16(14)20/h2-3,6-9,12H,4-5,10-11H2,1H3. The van der Waals surface area contributed by atoms with E-state index in [1.807, 2.05) is 18.2 Å². The number of halogens is 1. The summed E-state index contributed by atoms with van der Waals surface area (Å²) < 4.78 is 19.5. The van der Waals surface area contributed by atoms with Crippen LogP contribution in [0.15, 0.2) is 42.5 Å². The van der Waals surface area contributed by atoms with Crippen LogP contribution >= 0.6 is 0 Å². The minimum Gasteiger partial charge on any atom is -0.497 e. The fourth-order valence-corrected chi connectivity index (χ4v) is 3.15. The van der Waals surface area contributed by atoms with Crippen molar-refractivity contribution in [2.45, 2.75) is 12.8 Å². The SMILES string of the molecule is COc1ccc2nc(-c3ccccc3F)nc(N3CCCC3)c2c1. The number of hydrogen-bond donors (Lipinski definition) is 0. The monoisotopic (exact) mass is 323 g/mol. The molecule has 24 heavy (non-hydrogen) atoms. The maximum Gasteiger partial charge on any atom is 0.165 e. The molecule has 4 rings (SSSR count). The van der Waals surface area contributed by atoms with Crippen LogP contribution in [0.3, 0.4) is 0 Å². The average molecular weight is 323 g/mol. The molecular formula is C19H18FN3O. The van der Waals surface area contributed by atoms with Crippen molar-refractivity contribution in [3.8, 4) is 17.1 Å². The second-order valence-corrected chi connectivity index (χ2v) is 5.93. The highest BCUT2D eigenvalue weighted by molar-refractivity contribution is 5.92. The molecule has 0 spiro atoms. The Labute approximate surface area is 139 Å². The minimum atomic E-state index is -0.308. The van der Waals surface area contributed by atoms with Crippen molar-refractivity contribution < 1.29 is 9.13 Å². The Balaban J connectivity index is 1.95. The lowest BCUT2D eigenvalue weighted by Crippen LogP contribution is -2.20. The van der Waals surface area contributed by atoms with E-state index in [4.69, 9.17) is 9.72 Å². The fraction of sp³-hybridized carbons (Fsp3) is 0.263. The second-order valence-electron chi connectivity index (χ2n) is 5.93. The largest absolute Gasteiger partial charge is 0.497 e. The molecule has 1 aliphatic rings. The molecule has 0 aliphatic carbocycles. The molecule has 0 N–H and O–H groups in total. The molecule has 4 nitrogen and oxygen atoms in total. The summed E-state index contributed by atoms with van der Waals surface area (Å²) in [4.78, 5) is 11.5. The van der Waals surface area contributed by atoms with Crippen molar-refractivity contribution in [2.24, 2.45) is 0 Å². The third-order valence-corrected chi connectivity index (χ3v) is 4.40. The van der Waals surface area contributed by atoms with Gasteiger partial charge in [-0.3, -0.25) is 0 Å². The van der Waals surface area contributed by atoms with Crippen molar-refractivity contribution >= 4 is 16.7 Å². The van der Waals surface area contributed by atoms with Gasteiger partial charge in [0, 0.05) is 18.5 Å². The number of fused-ring (bicyclic) bond motifs is 1. The molecular weight excluding hydrogens is 305 g/mol. The van der Waals surface area contributed by atoms with Gasteiger partial charge in [-0.1, -0.05) is 12.1 Å². The van der Waals surface area contributed by atoms with Crippen molar-refractivity contribution in [3.63, 3.8) is 0 Å². The second kappa shape index (κ2) is 6.07. The quantitative estimate of drug-likeness (QED) is 0.729. The van der Waals surface area contributed by atoms with Gasteiger partial charge in [0.05, 0.1) is 18.2 Å². The van der Waals surface area contributed by atoms with E-state index >= 15 is 0 Å². The van der Waals surface area contributed by atoms with Crippen LogP contribution in [-0.2, 0) is 0 Å². The molecule has 122 valence electrons. The van der Waals surface area contributed by atoms with E-state index in [1.165, 1.54) is 6.07 Å². The molecule has 2 aromatic carbocycles. The first-order chi connectivity index (χ1) is 11.8. The van der Waals surface area contributed by atoms with Crippen LogP contribution in [0.4, 0.5) is 10.2 Å². The van der Waals surface area contributed by atoms with Gasteiger partial charge < -0.3 is 9.64 Å². The predicted molar refractivity (Wildman–Crippen MR) is 92.9 cm³/mol. The zero-order chi connectivity index (χ0) is 16.5. The van der Waals surface area contributed by atoms with Gasteiger partial charge in [-0.2, -0.15) is 0 Å². The molecule has 1 aliphatic heterocycles. The van der Waals surface area contributed by atoms with Crippen molar-refractivity contribution in [2.75, 3.05) is 25.1 Å². The molecule has 1 aromatic heterocycles.